The summed E-state index contributed by atoms with van der Waals surface area (Å²) in [7, 11) is 0. The maximum atomic E-state index is 8.77. The molecule has 0 spiro atoms. The van der Waals surface area contributed by atoms with E-state index in [1.165, 1.54) is 24.0 Å². The highest BCUT2D eigenvalue weighted by Crippen LogP contribution is 2.27. The number of nitrogens with one attached hydrogen (secondary N) is 1. The van der Waals surface area contributed by atoms with Gasteiger partial charge in [-0.05, 0) is 60.2 Å². The highest BCUT2D eigenvalue weighted by Gasteiger charge is 2.18. The van der Waals surface area contributed by atoms with Gasteiger partial charge in [0.1, 0.15) is 5.75 Å². The van der Waals surface area contributed by atoms with Crippen LogP contribution in [0.3, 0.4) is 0 Å². The molecule has 1 aliphatic carbocycles. The Hall–Kier alpha value is -2.26. The van der Waals surface area contributed by atoms with E-state index >= 15 is 0 Å². The maximum absolute atomic E-state index is 8.77. The summed E-state index contributed by atoms with van der Waals surface area (Å²) in [4.78, 5) is 0. The summed E-state index contributed by atoms with van der Waals surface area (Å²) in [5.41, 5.74) is 4.37. The minimum Gasteiger partial charge on any atom is -0.468 e. The topological polar surface area (TPSA) is 41.5 Å². The van der Waals surface area contributed by atoms with Crippen molar-refractivity contribution in [3.63, 3.8) is 0 Å². The Morgan fingerprint density at radius 1 is 1.22 bits per heavy atom. The van der Waals surface area contributed by atoms with Crippen LogP contribution in [0.25, 0.3) is 5.70 Å². The molecule has 2 rings (SSSR count). The second-order valence-electron chi connectivity index (χ2n) is 5.61. The summed E-state index contributed by atoms with van der Waals surface area (Å²) in [6, 6.07) is 7.73. The number of aliphatic hydroxyl groups is 1. The molecule has 0 fully saturated rings. The monoisotopic (exact) mass is 311 g/mol. The van der Waals surface area contributed by atoms with E-state index in [4.69, 9.17) is 9.84 Å². The van der Waals surface area contributed by atoms with Crippen LogP contribution < -0.4 is 10.1 Å². The Bertz CT molecular complexity index is 599. The van der Waals surface area contributed by atoms with Crippen molar-refractivity contribution in [2.45, 2.75) is 31.7 Å². The van der Waals surface area contributed by atoms with Crippen LogP contribution in [0.4, 0.5) is 0 Å². The van der Waals surface area contributed by atoms with Crippen LogP contribution in [0.15, 0.2) is 67.3 Å². The number of hydrogen-bond donors (Lipinski definition) is 2. The molecule has 0 aromatic heterocycles. The first-order valence-corrected chi connectivity index (χ1v) is 7.97. The van der Waals surface area contributed by atoms with Crippen molar-refractivity contribution in [2.24, 2.45) is 0 Å². The molecule has 0 saturated heterocycles. The number of aliphatic hydroxyl groups excluding tert-OH is 1. The summed E-state index contributed by atoms with van der Waals surface area (Å²) in [6.07, 6.45) is 8.35. The van der Waals surface area contributed by atoms with E-state index < -0.39 is 0 Å². The smallest absolute Gasteiger partial charge is 0.186 e. The minimum atomic E-state index is -0.321. The standard InChI is InChI=1S/C20H25NO2/c1-4-16-8-6-7-9-20(19(16)5-2)21-15(3)17-10-12-18(13-11-17)23-14-22/h4-5,10-13,20-22H,1-3,6-9,14H2/t20-/m0/s1. The molecule has 3 nitrogen and oxygen atoms in total. The van der Waals surface area contributed by atoms with Crippen LogP contribution in [0.1, 0.15) is 31.2 Å². The van der Waals surface area contributed by atoms with Gasteiger partial charge in [0.15, 0.2) is 6.79 Å². The molecule has 1 aromatic carbocycles. The number of ether oxygens (including phenoxy) is 1. The van der Waals surface area contributed by atoms with Gasteiger partial charge in [0, 0.05) is 5.70 Å². The predicted octanol–water partition coefficient (Wildman–Crippen LogP) is 4.19. The lowest BCUT2D eigenvalue weighted by Gasteiger charge is -2.23. The molecule has 1 atom stereocenters. The van der Waals surface area contributed by atoms with E-state index in [-0.39, 0.29) is 12.8 Å². The van der Waals surface area contributed by atoms with Crippen molar-refractivity contribution in [2.75, 3.05) is 6.79 Å². The average molecular weight is 311 g/mol. The third kappa shape index (κ3) is 4.36. The van der Waals surface area contributed by atoms with E-state index in [0.717, 1.165) is 24.1 Å². The van der Waals surface area contributed by atoms with Gasteiger partial charge in [-0.15, -0.1) is 0 Å². The van der Waals surface area contributed by atoms with Gasteiger partial charge >= 0.3 is 0 Å². The van der Waals surface area contributed by atoms with Gasteiger partial charge in [0.25, 0.3) is 0 Å². The van der Waals surface area contributed by atoms with Crippen LogP contribution in [0, 0.1) is 0 Å². The molecule has 1 aromatic rings. The van der Waals surface area contributed by atoms with E-state index in [0.29, 0.717) is 5.75 Å². The number of hydrogen-bond acceptors (Lipinski definition) is 3. The third-order valence-electron chi connectivity index (χ3n) is 4.18. The van der Waals surface area contributed by atoms with Crippen LogP contribution in [0.2, 0.25) is 0 Å². The fraction of sp³-hybridized carbons (Fsp3) is 0.300. The highest BCUT2D eigenvalue weighted by molar-refractivity contribution is 5.63. The molecule has 0 unspecified atom stereocenters. The Labute approximate surface area is 138 Å². The van der Waals surface area contributed by atoms with E-state index in [1.807, 2.05) is 36.4 Å². The van der Waals surface area contributed by atoms with Crippen LogP contribution in [0.5, 0.6) is 5.75 Å². The Morgan fingerprint density at radius 2 is 1.96 bits per heavy atom. The predicted molar refractivity (Wildman–Crippen MR) is 96.0 cm³/mol. The molecule has 23 heavy (non-hydrogen) atoms. The number of allylic oxidation sites excluding steroid dienone is 2. The zero-order valence-electron chi connectivity index (χ0n) is 13.6. The van der Waals surface area contributed by atoms with Gasteiger partial charge < -0.3 is 15.2 Å². The first kappa shape index (κ1) is 17.1. The van der Waals surface area contributed by atoms with Gasteiger partial charge in [-0.2, -0.15) is 0 Å². The van der Waals surface area contributed by atoms with Gasteiger partial charge in [-0.3, -0.25) is 0 Å². The molecule has 0 amide bonds. The fourth-order valence-corrected chi connectivity index (χ4v) is 2.95. The van der Waals surface area contributed by atoms with Gasteiger partial charge in [-0.1, -0.05) is 38.3 Å². The Morgan fingerprint density at radius 3 is 2.57 bits per heavy atom. The molecule has 122 valence electrons. The second-order valence-corrected chi connectivity index (χ2v) is 5.61. The van der Waals surface area contributed by atoms with Crippen LogP contribution in [-0.2, 0) is 0 Å². The van der Waals surface area contributed by atoms with Crippen molar-refractivity contribution >= 4 is 5.70 Å². The summed E-state index contributed by atoms with van der Waals surface area (Å²) in [5, 5.41) is 12.3. The maximum Gasteiger partial charge on any atom is 0.186 e. The van der Waals surface area contributed by atoms with Crippen LogP contribution in [-0.4, -0.2) is 17.9 Å². The molecule has 0 bridgehead atoms. The minimum absolute atomic E-state index is 0.212. The van der Waals surface area contributed by atoms with Crippen molar-refractivity contribution in [3.05, 3.63) is 72.9 Å². The van der Waals surface area contributed by atoms with E-state index in [1.54, 1.807) is 0 Å². The molecule has 0 heterocycles. The van der Waals surface area contributed by atoms with Gasteiger partial charge in [-0.25, -0.2) is 0 Å². The molecule has 2 N–H and O–H groups in total. The zero-order valence-corrected chi connectivity index (χ0v) is 13.6. The van der Waals surface area contributed by atoms with Gasteiger partial charge in [0.2, 0.25) is 0 Å². The lowest BCUT2D eigenvalue weighted by molar-refractivity contribution is 0.0985. The van der Waals surface area contributed by atoms with Crippen molar-refractivity contribution < 1.29 is 9.84 Å². The lowest BCUT2D eigenvalue weighted by atomic mass is 9.98. The zero-order chi connectivity index (χ0) is 16.7. The molecule has 3 heteroatoms. The lowest BCUT2D eigenvalue weighted by Crippen LogP contribution is -2.29. The van der Waals surface area contributed by atoms with Crippen molar-refractivity contribution in [1.29, 1.82) is 0 Å². The quantitative estimate of drug-likeness (QED) is 0.742. The molecular weight excluding hydrogens is 286 g/mol. The second kappa shape index (κ2) is 8.39. The highest BCUT2D eigenvalue weighted by atomic mass is 16.6. The SMILES string of the molecule is C=CC1=C(C=C)[C@@H](NC(=C)c2ccc(OCO)cc2)CCCC1. The number of benzene rings is 1. The molecular formula is C20H25NO2. The summed E-state index contributed by atoms with van der Waals surface area (Å²) in [5.74, 6) is 0.638. The van der Waals surface area contributed by atoms with Gasteiger partial charge in [0.05, 0.1) is 6.04 Å². The molecule has 0 aliphatic heterocycles. The third-order valence-corrected chi connectivity index (χ3v) is 4.18. The molecule has 1 aliphatic rings. The molecule has 0 saturated carbocycles. The summed E-state index contributed by atoms with van der Waals surface area (Å²) >= 11 is 0. The Kier molecular flexibility index (Phi) is 6.24. The summed E-state index contributed by atoms with van der Waals surface area (Å²) < 4.78 is 5.04. The largest absolute Gasteiger partial charge is 0.468 e. The normalized spacial score (nSPS) is 18.0. The van der Waals surface area contributed by atoms with Crippen LogP contribution >= 0.6 is 0 Å². The van der Waals surface area contributed by atoms with E-state index in [2.05, 4.69) is 25.1 Å². The number of rotatable bonds is 7. The van der Waals surface area contributed by atoms with Crippen molar-refractivity contribution in [1.82, 2.24) is 5.32 Å². The first-order chi connectivity index (χ1) is 11.2. The van der Waals surface area contributed by atoms with Crippen molar-refractivity contribution in [3.8, 4) is 5.75 Å². The summed E-state index contributed by atoms with van der Waals surface area (Å²) in [6.45, 7) is 11.7. The fourth-order valence-electron chi connectivity index (χ4n) is 2.95. The average Bonchev–Trinajstić information content (AvgIpc) is 2.77. The molecule has 0 radical (unpaired) electrons. The first-order valence-electron chi connectivity index (χ1n) is 7.97. The van der Waals surface area contributed by atoms with E-state index in [9.17, 15) is 0 Å². The Balaban J connectivity index is 2.14.